The zero-order chi connectivity index (χ0) is 7.28. The molecule has 0 fully saturated rings. The van der Waals surface area contributed by atoms with E-state index < -0.39 is 12.0 Å². The predicted octanol–water partition coefficient (Wildman–Crippen LogP) is -0.0410. The van der Waals surface area contributed by atoms with Crippen molar-refractivity contribution in [2.45, 2.75) is 23.6 Å². The van der Waals surface area contributed by atoms with Gasteiger partial charge in [0.1, 0.15) is 0 Å². The summed E-state index contributed by atoms with van der Waals surface area (Å²) in [7, 11) is 0. The van der Waals surface area contributed by atoms with Crippen LogP contribution in [0.25, 0.3) is 0 Å². The molecule has 0 aromatic carbocycles. The third kappa shape index (κ3) is 4.45. The summed E-state index contributed by atoms with van der Waals surface area (Å²) in [6.45, 7) is 0. The second-order valence-corrected chi connectivity index (χ2v) is 3.79. The van der Waals surface area contributed by atoms with E-state index in [1.807, 2.05) is 0 Å². The average Bonchev–Trinajstić information content (AvgIpc) is 1.82. The Morgan fingerprint density at radius 1 is 1.89 bits per heavy atom. The summed E-state index contributed by atoms with van der Waals surface area (Å²) < 4.78 is 0. The first-order chi connectivity index (χ1) is 4.18. The zero-order valence-corrected chi connectivity index (χ0v) is 7.05. The fourth-order valence-corrected chi connectivity index (χ4v) is 1.40. The summed E-state index contributed by atoms with van der Waals surface area (Å²) in [5.74, 6) is 1.18. The molecule has 0 saturated heterocycles. The first-order valence-corrected chi connectivity index (χ1v) is 5.58. The van der Waals surface area contributed by atoms with Gasteiger partial charge in [0.25, 0.3) is 0 Å². The summed E-state index contributed by atoms with van der Waals surface area (Å²) in [4.78, 5) is 10.1. The van der Waals surface area contributed by atoms with Gasteiger partial charge >= 0.3 is 60.2 Å². The van der Waals surface area contributed by atoms with Crippen molar-refractivity contribution in [3.63, 3.8) is 0 Å². The van der Waals surface area contributed by atoms with E-state index in [1.54, 1.807) is 0 Å². The molecule has 1 atom stereocenters. The molecule has 4 heteroatoms. The van der Waals surface area contributed by atoms with Gasteiger partial charge in [-0.25, -0.2) is 0 Å². The fraction of sp³-hybridized carbons (Fsp3) is 0.800. The van der Waals surface area contributed by atoms with Gasteiger partial charge in [-0.05, 0) is 0 Å². The van der Waals surface area contributed by atoms with Crippen LogP contribution in [0.2, 0.25) is 11.1 Å². The van der Waals surface area contributed by atoms with E-state index in [2.05, 4.69) is 5.82 Å². The van der Waals surface area contributed by atoms with Gasteiger partial charge in [-0.3, -0.25) is 0 Å². The van der Waals surface area contributed by atoms with Crippen molar-refractivity contribution in [2.75, 3.05) is 0 Å². The molecule has 0 amide bonds. The molecule has 9 heavy (non-hydrogen) atoms. The molecule has 0 rings (SSSR count). The van der Waals surface area contributed by atoms with Gasteiger partial charge < -0.3 is 0 Å². The van der Waals surface area contributed by atoms with Gasteiger partial charge in [-0.2, -0.15) is 0 Å². The second kappa shape index (κ2) is 4.79. The molecule has 0 aliphatic rings. The minimum absolute atomic E-state index is 0.549. The quantitative estimate of drug-likeness (QED) is 0.614. The molecule has 3 N–H and O–H groups in total. The SMILES string of the molecule is C[75Se]CC[C@@H](N)C(=O)O. The van der Waals surface area contributed by atoms with Crippen LogP contribution in [0.1, 0.15) is 6.42 Å². The normalized spacial score (nSPS) is 13.1. The van der Waals surface area contributed by atoms with Gasteiger partial charge in [-0.1, -0.05) is 0 Å². The summed E-state index contributed by atoms with van der Waals surface area (Å²) in [6.07, 6.45) is 0.617. The Morgan fingerprint density at radius 3 is 2.78 bits per heavy atom. The number of nitrogens with two attached hydrogens (primary N) is 1. The number of hydrogen-bond acceptors (Lipinski definition) is 2. The molecule has 0 bridgehead atoms. The number of carboxylic acids is 1. The van der Waals surface area contributed by atoms with Crippen LogP contribution in [0.5, 0.6) is 0 Å². The van der Waals surface area contributed by atoms with Crippen LogP contribution in [-0.2, 0) is 4.79 Å². The van der Waals surface area contributed by atoms with Crippen LogP contribution in [0.3, 0.4) is 0 Å². The van der Waals surface area contributed by atoms with Gasteiger partial charge in [0, 0.05) is 0 Å². The third-order valence-corrected chi connectivity index (χ3v) is 2.30. The Morgan fingerprint density at radius 2 is 2.44 bits per heavy atom. The van der Waals surface area contributed by atoms with Crippen LogP contribution in [0, 0.1) is 0 Å². The number of rotatable bonds is 4. The maximum absolute atomic E-state index is 10.1. The van der Waals surface area contributed by atoms with Gasteiger partial charge in [0.05, 0.1) is 0 Å². The third-order valence-electron chi connectivity index (χ3n) is 0.950. The Balaban J connectivity index is 3.27. The Hall–Kier alpha value is -0.0505. The number of hydrogen-bond donors (Lipinski definition) is 2. The first kappa shape index (κ1) is 8.95. The standard InChI is InChI=1S/C5H11NO2Se/c1-9-3-2-4(6)5(7)8/h4H,2-3,6H2,1H3,(H,7,8)/t4-/m1/s1/i9-4. The van der Waals surface area contributed by atoms with E-state index in [1.165, 1.54) is 0 Å². The first-order valence-electron chi connectivity index (χ1n) is 2.65. The summed E-state index contributed by atoms with van der Waals surface area (Å²) in [5, 5.41) is 9.25. The van der Waals surface area contributed by atoms with Crippen LogP contribution in [0.15, 0.2) is 0 Å². The van der Waals surface area contributed by atoms with E-state index >= 15 is 0 Å². The molecule has 0 aromatic heterocycles. The van der Waals surface area contributed by atoms with Crippen molar-refractivity contribution in [2.24, 2.45) is 5.73 Å². The molecule has 0 aromatic rings. The Bertz CT molecular complexity index is 97.0. The second-order valence-electron chi connectivity index (χ2n) is 1.73. The number of carbonyl (C=O) groups is 1. The van der Waals surface area contributed by atoms with E-state index in [-0.39, 0.29) is 0 Å². The fourth-order valence-electron chi connectivity index (χ4n) is 0.368. The predicted molar refractivity (Wildman–Crippen MR) is 36.7 cm³/mol. The van der Waals surface area contributed by atoms with Gasteiger partial charge in [0.2, 0.25) is 0 Å². The molecule has 3 nitrogen and oxygen atoms in total. The van der Waals surface area contributed by atoms with E-state index in [4.69, 9.17) is 10.8 Å². The van der Waals surface area contributed by atoms with Crippen LogP contribution >= 0.6 is 0 Å². The molecular weight excluding hydrogens is 181 g/mol. The van der Waals surface area contributed by atoms with Crippen molar-refractivity contribution in [1.29, 1.82) is 0 Å². The average molecular weight is 192 g/mol. The van der Waals surface area contributed by atoms with E-state index in [9.17, 15) is 4.79 Å². The summed E-state index contributed by atoms with van der Waals surface area (Å²) in [6, 6.07) is -0.646. The Labute approximate surface area is 60.8 Å². The molecule has 0 saturated carbocycles. The summed E-state index contributed by atoms with van der Waals surface area (Å²) in [5.41, 5.74) is 5.21. The zero-order valence-electron chi connectivity index (χ0n) is 5.33. The van der Waals surface area contributed by atoms with E-state index in [0.29, 0.717) is 21.4 Å². The molecular formula is C5H11NO2Se. The van der Waals surface area contributed by atoms with Crippen LogP contribution < -0.4 is 5.73 Å². The minimum atomic E-state index is -0.890. The van der Waals surface area contributed by atoms with Crippen LogP contribution in [0.4, 0.5) is 0 Å². The maximum atomic E-state index is 10.1. The number of carboxylic acid groups (broad SMARTS) is 1. The van der Waals surface area contributed by atoms with Crippen molar-refractivity contribution in [3.05, 3.63) is 0 Å². The molecule has 0 heterocycles. The van der Waals surface area contributed by atoms with Crippen molar-refractivity contribution in [1.82, 2.24) is 0 Å². The molecule has 0 aliphatic carbocycles. The summed E-state index contributed by atoms with van der Waals surface area (Å²) >= 11 is 0.549. The molecule has 0 aliphatic heterocycles. The topological polar surface area (TPSA) is 63.3 Å². The molecule has 0 unspecified atom stereocenters. The Kier molecular flexibility index (Phi) is 4.77. The molecule has 0 radical (unpaired) electrons. The monoisotopic (exact) mass is 192 g/mol. The van der Waals surface area contributed by atoms with E-state index in [0.717, 1.165) is 5.32 Å². The van der Waals surface area contributed by atoms with Gasteiger partial charge in [-0.15, -0.1) is 0 Å². The molecule has 0 spiro atoms. The van der Waals surface area contributed by atoms with Crippen molar-refractivity contribution in [3.8, 4) is 0 Å². The van der Waals surface area contributed by atoms with Crippen molar-refractivity contribution < 1.29 is 9.90 Å². The van der Waals surface area contributed by atoms with Gasteiger partial charge in [0.15, 0.2) is 0 Å². The number of aliphatic carboxylic acids is 1. The van der Waals surface area contributed by atoms with Crippen LogP contribution in [-0.4, -0.2) is 32.1 Å². The molecule has 54 valence electrons. The van der Waals surface area contributed by atoms with Crippen molar-refractivity contribution >= 4 is 20.9 Å².